The van der Waals surface area contributed by atoms with Gasteiger partial charge in [-0.2, -0.15) is 26.3 Å². The molecule has 2 aliphatic rings. The van der Waals surface area contributed by atoms with E-state index in [1.807, 2.05) is 0 Å². The van der Waals surface area contributed by atoms with Crippen LogP contribution in [0.25, 0.3) is 0 Å². The number of nitro benzene ring substituents is 2. The molecule has 0 heterocycles. The van der Waals surface area contributed by atoms with Crippen molar-refractivity contribution in [2.45, 2.75) is 35.4 Å². The number of allylic oxidation sites excluding steroid dienone is 4. The lowest BCUT2D eigenvalue weighted by Gasteiger charge is -2.35. The Morgan fingerprint density at radius 1 is 0.578 bits per heavy atom. The smallest absolute Gasteiger partial charge is 0.344 e. The summed E-state index contributed by atoms with van der Waals surface area (Å²) >= 11 is 0. The number of nitro groups is 4. The van der Waals surface area contributed by atoms with E-state index in [9.17, 15) is 66.8 Å². The summed E-state index contributed by atoms with van der Waals surface area (Å²) in [6.07, 6.45) is -13.5. The lowest BCUT2D eigenvalue weighted by atomic mass is 9.74. The summed E-state index contributed by atoms with van der Waals surface area (Å²) < 4.78 is 92.4. The van der Waals surface area contributed by atoms with Gasteiger partial charge in [-0.25, -0.2) is 0 Å². The Labute approximate surface area is 246 Å². The van der Waals surface area contributed by atoms with E-state index in [-0.39, 0.29) is 12.2 Å². The minimum absolute atomic E-state index is 0.0232. The Hall–Kier alpha value is -5.46. The van der Waals surface area contributed by atoms with Gasteiger partial charge in [-0.05, 0) is 12.2 Å². The predicted octanol–water partition coefficient (Wildman–Crippen LogP) is 6.02. The average Bonchev–Trinajstić information content (AvgIpc) is 2.96. The first-order valence-corrected chi connectivity index (χ1v) is 12.3. The molecule has 0 saturated heterocycles. The van der Waals surface area contributed by atoms with Crippen LogP contribution in [0.4, 0.5) is 37.7 Å². The van der Waals surface area contributed by atoms with E-state index in [2.05, 4.69) is 0 Å². The van der Waals surface area contributed by atoms with E-state index in [1.54, 1.807) is 0 Å². The molecule has 0 N–H and O–H groups in total. The van der Waals surface area contributed by atoms with Crippen molar-refractivity contribution < 1.29 is 50.8 Å². The van der Waals surface area contributed by atoms with Crippen LogP contribution >= 0.6 is 0 Å². The summed E-state index contributed by atoms with van der Waals surface area (Å²) in [6, 6.07) is 7.11. The highest BCUT2D eigenvalue weighted by Crippen LogP contribution is 2.51. The topological polar surface area (TPSA) is 182 Å². The second-order valence-corrected chi connectivity index (χ2v) is 9.63. The molecule has 4 unspecified atom stereocenters. The molecule has 13 nitrogen and oxygen atoms in total. The molecule has 2 aromatic carbocycles. The molecule has 0 aliphatic heterocycles. The molecular weight excluding hydrogens is 626 g/mol. The van der Waals surface area contributed by atoms with Gasteiger partial charge in [0.1, 0.15) is 10.8 Å². The molecule has 19 heteroatoms. The van der Waals surface area contributed by atoms with Crippen LogP contribution in [0.3, 0.4) is 0 Å². The van der Waals surface area contributed by atoms with Crippen molar-refractivity contribution in [3.63, 3.8) is 0 Å². The Balaban J connectivity index is 1.83. The van der Waals surface area contributed by atoms with E-state index < -0.39 is 89.0 Å². The number of ether oxygens (including phenoxy) is 1. The number of benzene rings is 2. The van der Waals surface area contributed by atoms with Gasteiger partial charge >= 0.3 is 12.4 Å². The minimum atomic E-state index is -5.41. The molecular formula is C26H16F6N4O9. The molecule has 0 amide bonds. The summed E-state index contributed by atoms with van der Waals surface area (Å²) in [6.45, 7) is 0. The Kier molecular flexibility index (Phi) is 8.10. The van der Waals surface area contributed by atoms with E-state index >= 15 is 0 Å². The van der Waals surface area contributed by atoms with Gasteiger partial charge in [0.2, 0.25) is 0 Å². The maximum atomic E-state index is 14.5. The molecule has 4 rings (SSSR count). The van der Waals surface area contributed by atoms with Crippen molar-refractivity contribution in [2.75, 3.05) is 0 Å². The molecule has 2 aliphatic carbocycles. The minimum Gasteiger partial charge on any atom is -0.344 e. The lowest BCUT2D eigenvalue weighted by Crippen LogP contribution is -2.45. The number of para-hydroxylation sites is 2. The molecule has 4 atom stereocenters. The maximum absolute atomic E-state index is 14.5. The zero-order valence-electron chi connectivity index (χ0n) is 22.0. The largest absolute Gasteiger partial charge is 0.405 e. The molecule has 2 aromatic rings. The van der Waals surface area contributed by atoms with Crippen molar-refractivity contribution >= 4 is 11.4 Å². The monoisotopic (exact) mass is 642 g/mol. The second kappa shape index (κ2) is 11.2. The van der Waals surface area contributed by atoms with Crippen LogP contribution < -0.4 is 0 Å². The third-order valence-corrected chi connectivity index (χ3v) is 7.15. The number of halogens is 6. The SMILES string of the molecule is O=[N+]([O-])C1=CC(c2ccccc2[N+](=O)[O-])(C(F)(F)F)C=CC1OC1C=CC(c2ccccc2[N+](=O)[O-])(C(F)(F)F)C=C1[N+](=O)[O-]. The van der Waals surface area contributed by atoms with E-state index in [0.717, 1.165) is 48.5 Å². The van der Waals surface area contributed by atoms with Crippen LogP contribution in [-0.2, 0) is 15.6 Å². The molecule has 0 saturated carbocycles. The standard InChI is InChI=1S/C26H16F6N4O9/c27-25(28,29)23(15-5-1-3-7-17(15)33(37)38)11-9-21(19(13-23)35(41)42)45-22-10-12-24(26(30,31)32,14-20(22)36(43)44)16-6-2-4-8-18(16)34(39)40/h1-14,21-22H. The number of hydrogen-bond acceptors (Lipinski definition) is 9. The molecule has 0 radical (unpaired) electrons. The summed E-state index contributed by atoms with van der Waals surface area (Å²) in [5.74, 6) is 0. The summed E-state index contributed by atoms with van der Waals surface area (Å²) in [4.78, 5) is 42.0. The number of rotatable bonds is 8. The van der Waals surface area contributed by atoms with Gasteiger partial charge in [0.05, 0.1) is 30.8 Å². The fraction of sp³-hybridized carbons (Fsp3) is 0.231. The highest BCUT2D eigenvalue weighted by Gasteiger charge is 2.60. The first-order chi connectivity index (χ1) is 20.9. The fourth-order valence-electron chi connectivity index (χ4n) is 5.06. The molecule has 0 aromatic heterocycles. The second-order valence-electron chi connectivity index (χ2n) is 9.63. The fourth-order valence-corrected chi connectivity index (χ4v) is 5.06. The Morgan fingerprint density at radius 3 is 1.20 bits per heavy atom. The van der Waals surface area contributed by atoms with Crippen molar-refractivity contribution in [3.05, 3.63) is 148 Å². The van der Waals surface area contributed by atoms with Crippen molar-refractivity contribution in [1.82, 2.24) is 0 Å². The summed E-state index contributed by atoms with van der Waals surface area (Å²) in [5.41, 5.74) is -13.7. The van der Waals surface area contributed by atoms with Gasteiger partial charge in [-0.3, -0.25) is 40.5 Å². The van der Waals surface area contributed by atoms with Gasteiger partial charge < -0.3 is 4.74 Å². The van der Waals surface area contributed by atoms with Crippen molar-refractivity contribution in [1.29, 1.82) is 0 Å². The number of hydrogen-bond donors (Lipinski definition) is 0. The van der Waals surface area contributed by atoms with Gasteiger partial charge in [0.15, 0.2) is 12.2 Å². The van der Waals surface area contributed by atoms with Crippen LogP contribution in [0.15, 0.2) is 96.4 Å². The maximum Gasteiger partial charge on any atom is 0.405 e. The third-order valence-electron chi connectivity index (χ3n) is 7.15. The van der Waals surface area contributed by atoms with Crippen molar-refractivity contribution in [3.8, 4) is 0 Å². The first-order valence-electron chi connectivity index (χ1n) is 12.3. The summed E-state index contributed by atoms with van der Waals surface area (Å²) in [7, 11) is 0. The molecule has 0 spiro atoms. The first kappa shape index (κ1) is 32.5. The Bertz CT molecular complexity index is 1600. The molecule has 236 valence electrons. The van der Waals surface area contributed by atoms with Crippen molar-refractivity contribution in [2.24, 2.45) is 0 Å². The predicted molar refractivity (Wildman–Crippen MR) is 139 cm³/mol. The van der Waals surface area contributed by atoms with Crippen LogP contribution in [0.1, 0.15) is 11.1 Å². The van der Waals surface area contributed by atoms with E-state index in [0.29, 0.717) is 24.3 Å². The lowest BCUT2D eigenvalue weighted by molar-refractivity contribution is -0.447. The van der Waals surface area contributed by atoms with Crippen LogP contribution in [0.5, 0.6) is 0 Å². The van der Waals surface area contributed by atoms with Crippen LogP contribution in [0, 0.1) is 40.5 Å². The molecule has 45 heavy (non-hydrogen) atoms. The third kappa shape index (κ3) is 5.52. The zero-order valence-corrected chi connectivity index (χ0v) is 22.0. The van der Waals surface area contributed by atoms with Gasteiger partial charge in [-0.15, -0.1) is 0 Å². The highest BCUT2D eigenvalue weighted by molar-refractivity contribution is 5.55. The van der Waals surface area contributed by atoms with E-state index in [1.165, 1.54) is 0 Å². The zero-order chi connectivity index (χ0) is 33.5. The van der Waals surface area contributed by atoms with Gasteiger partial charge in [0, 0.05) is 24.3 Å². The van der Waals surface area contributed by atoms with Gasteiger partial charge in [-0.1, -0.05) is 48.6 Å². The number of nitrogens with zero attached hydrogens (tertiary/aromatic N) is 4. The summed E-state index contributed by atoms with van der Waals surface area (Å²) in [5, 5.41) is 46.9. The van der Waals surface area contributed by atoms with E-state index in [4.69, 9.17) is 4.74 Å². The quantitative estimate of drug-likeness (QED) is 0.144. The Morgan fingerprint density at radius 2 is 0.911 bits per heavy atom. The molecule has 0 bridgehead atoms. The van der Waals surface area contributed by atoms with Crippen LogP contribution in [-0.4, -0.2) is 44.3 Å². The van der Waals surface area contributed by atoms with Crippen LogP contribution in [0.2, 0.25) is 0 Å². The number of alkyl halides is 6. The normalized spacial score (nSPS) is 24.8. The molecule has 0 fully saturated rings. The highest BCUT2D eigenvalue weighted by atomic mass is 19.4. The van der Waals surface area contributed by atoms with Gasteiger partial charge in [0.25, 0.3) is 22.8 Å². The average molecular weight is 642 g/mol.